The first-order valence-electron chi connectivity index (χ1n) is 22.4. The predicted molar refractivity (Wildman–Crippen MR) is 273 cm³/mol. The molecule has 9 aromatic rings. The Balaban J connectivity index is 1.09. The van der Waals surface area contributed by atoms with E-state index in [1.807, 2.05) is 0 Å². The van der Waals surface area contributed by atoms with Gasteiger partial charge in [0, 0.05) is 68.2 Å². The number of aryl methyl sites for hydroxylation is 1. The van der Waals surface area contributed by atoms with E-state index in [1.165, 1.54) is 24.0 Å². The Morgan fingerprint density at radius 1 is 0.281 bits per heavy atom. The number of para-hydroxylation sites is 4. The maximum Gasteiger partial charge on any atom is 0.0463 e. The average Bonchev–Trinajstić information content (AvgIpc) is 3.35. The topological polar surface area (TPSA) is 13.0 Å². The lowest BCUT2D eigenvalue weighted by Gasteiger charge is -2.30. The van der Waals surface area contributed by atoms with Crippen molar-refractivity contribution in [1.29, 1.82) is 0 Å². The summed E-state index contributed by atoms with van der Waals surface area (Å²) in [5.74, 6) is 0.509. The molecule has 0 amide bonds. The van der Waals surface area contributed by atoms with Crippen LogP contribution in [0, 0.1) is 6.92 Å². The van der Waals surface area contributed by atoms with Crippen LogP contribution >= 0.6 is 0 Å². The van der Waals surface area contributed by atoms with Gasteiger partial charge in [-0.2, -0.15) is 0 Å². The molecule has 0 radical (unpaired) electrons. The summed E-state index contributed by atoms with van der Waals surface area (Å²) in [5, 5.41) is 0. The molecule has 0 aliphatic carbocycles. The van der Waals surface area contributed by atoms with E-state index in [0.717, 1.165) is 68.2 Å². The highest BCUT2D eigenvalue weighted by Crippen LogP contribution is 2.43. The minimum absolute atomic E-state index is 0.509. The second-order valence-electron chi connectivity index (χ2n) is 16.3. The van der Waals surface area contributed by atoms with E-state index in [2.05, 4.69) is 283 Å². The molecule has 4 nitrogen and oxygen atoms in total. The molecule has 4 heteroatoms. The predicted octanol–water partition coefficient (Wildman–Crippen LogP) is 17.8. The van der Waals surface area contributed by atoms with Crippen LogP contribution in [-0.2, 0) is 0 Å². The van der Waals surface area contributed by atoms with Gasteiger partial charge >= 0.3 is 0 Å². The fourth-order valence-electron chi connectivity index (χ4n) is 8.59. The highest BCUT2D eigenvalue weighted by atomic mass is 15.2. The van der Waals surface area contributed by atoms with Gasteiger partial charge in [0.1, 0.15) is 0 Å². The second-order valence-corrected chi connectivity index (χ2v) is 16.3. The minimum atomic E-state index is 0.509. The Hall–Kier alpha value is -7.82. The molecule has 0 saturated heterocycles. The SMILES string of the molecule is CCCC(C)c1ccc(N(c2ccc(N(c3ccccc3)c3ccccc3)cc2)c2ccc(N(c3ccc(C)cc3)c3ccc(N(c4ccccc4)c4ccccc4)cc3)cc2)cc1. The normalized spacial score (nSPS) is 11.4. The number of hydrogen-bond donors (Lipinski definition) is 0. The van der Waals surface area contributed by atoms with Crippen LogP contribution in [0.2, 0.25) is 0 Å². The average molecular weight is 831 g/mol. The summed E-state index contributed by atoms with van der Waals surface area (Å²) in [4.78, 5) is 9.31. The standard InChI is InChI=1S/C60H54N4/c1-4-17-47(3)48-28-32-54(33-29-48)64(59-40-36-56(37-41-59)62(51-22-13-7-14-23-51)52-24-15-8-16-25-52)60-44-42-58(43-45-60)63(53-30-26-46(2)27-31-53)57-38-34-55(35-39-57)61(49-18-9-5-10-19-49)50-20-11-6-12-21-50/h5-16,18-45,47H,4,17H2,1-3H3. The largest absolute Gasteiger partial charge is 0.311 e. The molecule has 0 aromatic heterocycles. The maximum atomic E-state index is 2.37. The van der Waals surface area contributed by atoms with E-state index in [0.29, 0.717) is 5.92 Å². The molecule has 9 aromatic carbocycles. The van der Waals surface area contributed by atoms with Crippen molar-refractivity contribution in [2.24, 2.45) is 0 Å². The lowest BCUT2D eigenvalue weighted by molar-refractivity contribution is 0.665. The van der Waals surface area contributed by atoms with Crippen LogP contribution in [0.4, 0.5) is 68.2 Å². The van der Waals surface area contributed by atoms with Crippen LogP contribution in [0.3, 0.4) is 0 Å². The first-order chi connectivity index (χ1) is 31.5. The molecule has 0 aliphatic heterocycles. The zero-order valence-corrected chi connectivity index (χ0v) is 36.9. The van der Waals surface area contributed by atoms with Gasteiger partial charge in [0.15, 0.2) is 0 Å². The Morgan fingerprint density at radius 2 is 0.484 bits per heavy atom. The van der Waals surface area contributed by atoms with E-state index < -0.39 is 0 Å². The van der Waals surface area contributed by atoms with Crippen molar-refractivity contribution < 1.29 is 0 Å². The van der Waals surface area contributed by atoms with Gasteiger partial charge in [0.2, 0.25) is 0 Å². The summed E-state index contributed by atoms with van der Waals surface area (Å²) in [6, 6.07) is 87.0. The van der Waals surface area contributed by atoms with Gasteiger partial charge in [-0.3, -0.25) is 0 Å². The fraction of sp³-hybridized carbons (Fsp3) is 0.100. The summed E-state index contributed by atoms with van der Waals surface area (Å²) >= 11 is 0. The van der Waals surface area contributed by atoms with E-state index >= 15 is 0 Å². The first-order valence-corrected chi connectivity index (χ1v) is 22.4. The van der Waals surface area contributed by atoms with E-state index in [-0.39, 0.29) is 0 Å². The van der Waals surface area contributed by atoms with Gasteiger partial charge in [0.25, 0.3) is 0 Å². The summed E-state index contributed by atoms with van der Waals surface area (Å²) in [5.41, 5.74) is 15.8. The van der Waals surface area contributed by atoms with Crippen LogP contribution in [0.1, 0.15) is 43.7 Å². The summed E-state index contributed by atoms with van der Waals surface area (Å²) in [6.45, 7) is 6.73. The zero-order valence-electron chi connectivity index (χ0n) is 36.9. The van der Waals surface area contributed by atoms with Crippen LogP contribution in [0.15, 0.2) is 243 Å². The van der Waals surface area contributed by atoms with Crippen molar-refractivity contribution in [2.75, 3.05) is 19.6 Å². The molecule has 64 heavy (non-hydrogen) atoms. The first kappa shape index (κ1) is 41.5. The number of benzene rings is 9. The molecule has 0 N–H and O–H groups in total. The van der Waals surface area contributed by atoms with Gasteiger partial charge in [-0.25, -0.2) is 0 Å². The van der Waals surface area contributed by atoms with Crippen molar-refractivity contribution in [2.45, 2.75) is 39.5 Å². The van der Waals surface area contributed by atoms with Crippen molar-refractivity contribution in [3.63, 3.8) is 0 Å². The third-order valence-corrected chi connectivity index (χ3v) is 11.9. The number of hydrogen-bond acceptors (Lipinski definition) is 4. The second kappa shape index (κ2) is 19.5. The molecule has 0 heterocycles. The van der Waals surface area contributed by atoms with Crippen LogP contribution in [0.25, 0.3) is 0 Å². The molecule has 1 unspecified atom stereocenters. The Labute approximate surface area is 379 Å². The zero-order chi connectivity index (χ0) is 43.7. The third kappa shape index (κ3) is 9.18. The quantitative estimate of drug-likeness (QED) is 0.102. The Kier molecular flexibility index (Phi) is 12.6. The van der Waals surface area contributed by atoms with Crippen molar-refractivity contribution in [1.82, 2.24) is 0 Å². The highest BCUT2D eigenvalue weighted by Gasteiger charge is 2.19. The van der Waals surface area contributed by atoms with Crippen LogP contribution in [-0.4, -0.2) is 0 Å². The van der Waals surface area contributed by atoms with Gasteiger partial charge in [-0.15, -0.1) is 0 Å². The van der Waals surface area contributed by atoms with E-state index in [9.17, 15) is 0 Å². The van der Waals surface area contributed by atoms with Gasteiger partial charge in [-0.05, 0) is 170 Å². The molecular weight excluding hydrogens is 777 g/mol. The molecule has 314 valence electrons. The molecule has 1 atom stereocenters. The lowest BCUT2D eigenvalue weighted by atomic mass is 9.96. The Morgan fingerprint density at radius 3 is 0.719 bits per heavy atom. The van der Waals surface area contributed by atoms with Gasteiger partial charge in [-0.1, -0.05) is 123 Å². The van der Waals surface area contributed by atoms with Gasteiger partial charge in [0.05, 0.1) is 0 Å². The monoisotopic (exact) mass is 830 g/mol. The van der Waals surface area contributed by atoms with Crippen molar-refractivity contribution in [3.8, 4) is 0 Å². The molecule has 0 spiro atoms. The third-order valence-electron chi connectivity index (χ3n) is 11.9. The highest BCUT2D eigenvalue weighted by molar-refractivity contribution is 5.84. The minimum Gasteiger partial charge on any atom is -0.311 e. The van der Waals surface area contributed by atoms with Crippen LogP contribution < -0.4 is 19.6 Å². The molecule has 0 saturated carbocycles. The lowest BCUT2D eigenvalue weighted by Crippen LogP contribution is -2.13. The summed E-state index contributed by atoms with van der Waals surface area (Å²) in [7, 11) is 0. The number of rotatable bonds is 15. The van der Waals surface area contributed by atoms with E-state index in [4.69, 9.17) is 0 Å². The smallest absolute Gasteiger partial charge is 0.0463 e. The number of anilines is 12. The Bertz CT molecular complexity index is 2730. The molecular formula is C60H54N4. The summed E-state index contributed by atoms with van der Waals surface area (Å²) in [6.07, 6.45) is 2.34. The van der Waals surface area contributed by atoms with Crippen molar-refractivity contribution >= 4 is 68.2 Å². The molecule has 0 bridgehead atoms. The van der Waals surface area contributed by atoms with Gasteiger partial charge < -0.3 is 19.6 Å². The number of nitrogens with zero attached hydrogens (tertiary/aromatic N) is 4. The molecule has 9 rings (SSSR count). The molecule has 0 fully saturated rings. The van der Waals surface area contributed by atoms with Crippen molar-refractivity contribution in [3.05, 3.63) is 254 Å². The fourth-order valence-corrected chi connectivity index (χ4v) is 8.59. The van der Waals surface area contributed by atoms with Crippen LogP contribution in [0.5, 0.6) is 0 Å². The molecule has 0 aliphatic rings. The summed E-state index contributed by atoms with van der Waals surface area (Å²) < 4.78 is 0. The van der Waals surface area contributed by atoms with E-state index in [1.54, 1.807) is 0 Å². The maximum absolute atomic E-state index is 2.37.